The fraction of sp³-hybridized carbons (Fsp3) is 0.471. The molecular weight excluding hydrogens is 265 g/mol. The summed E-state index contributed by atoms with van der Waals surface area (Å²) in [6.07, 6.45) is 0. The molecule has 0 saturated carbocycles. The summed E-state index contributed by atoms with van der Waals surface area (Å²) in [6.45, 7) is 12.8. The third-order valence-electron chi connectivity index (χ3n) is 3.72. The molecule has 1 aromatic carbocycles. The van der Waals surface area contributed by atoms with Crippen molar-refractivity contribution in [1.82, 2.24) is 15.1 Å². The second-order valence-electron chi connectivity index (χ2n) is 6.60. The van der Waals surface area contributed by atoms with Gasteiger partial charge >= 0.3 is 0 Å². The molecule has 0 unspecified atom stereocenters. The van der Waals surface area contributed by atoms with Crippen molar-refractivity contribution in [1.29, 1.82) is 0 Å². The van der Waals surface area contributed by atoms with Gasteiger partial charge in [0.15, 0.2) is 0 Å². The van der Waals surface area contributed by atoms with Gasteiger partial charge < -0.3 is 5.32 Å². The molecule has 4 heteroatoms. The molecule has 0 aliphatic rings. The van der Waals surface area contributed by atoms with E-state index in [1.807, 2.05) is 26.8 Å². The topological polar surface area (TPSA) is 29.9 Å². The maximum absolute atomic E-state index is 14.4. The molecule has 0 aliphatic carbocycles. The SMILES string of the molecule is Cc1nn(-c2ccc(CNC(C)(C)C)cc2F)c(C)c1C. The van der Waals surface area contributed by atoms with Gasteiger partial charge in [0.05, 0.1) is 5.69 Å². The fourth-order valence-electron chi connectivity index (χ4n) is 2.15. The van der Waals surface area contributed by atoms with Crippen LogP contribution in [0, 0.1) is 26.6 Å². The molecule has 0 aliphatic heterocycles. The van der Waals surface area contributed by atoms with Crippen LogP contribution >= 0.6 is 0 Å². The highest BCUT2D eigenvalue weighted by atomic mass is 19.1. The van der Waals surface area contributed by atoms with Crippen molar-refractivity contribution in [2.75, 3.05) is 0 Å². The molecule has 2 aromatic rings. The summed E-state index contributed by atoms with van der Waals surface area (Å²) < 4.78 is 16.1. The van der Waals surface area contributed by atoms with E-state index in [0.717, 1.165) is 22.5 Å². The maximum atomic E-state index is 14.4. The largest absolute Gasteiger partial charge is 0.308 e. The second kappa shape index (κ2) is 5.60. The highest BCUT2D eigenvalue weighted by Crippen LogP contribution is 2.20. The van der Waals surface area contributed by atoms with E-state index in [4.69, 9.17) is 0 Å². The van der Waals surface area contributed by atoms with Gasteiger partial charge in [-0.3, -0.25) is 0 Å². The van der Waals surface area contributed by atoms with Gasteiger partial charge in [0.25, 0.3) is 0 Å². The van der Waals surface area contributed by atoms with Gasteiger partial charge in [0, 0.05) is 17.8 Å². The van der Waals surface area contributed by atoms with E-state index in [1.54, 1.807) is 16.8 Å². The van der Waals surface area contributed by atoms with E-state index < -0.39 is 0 Å². The van der Waals surface area contributed by atoms with Crippen molar-refractivity contribution < 1.29 is 4.39 Å². The molecule has 0 amide bonds. The van der Waals surface area contributed by atoms with Crippen LogP contribution in [0.1, 0.15) is 43.3 Å². The average molecular weight is 289 g/mol. The number of nitrogens with one attached hydrogen (secondary N) is 1. The molecular formula is C17H24FN3. The van der Waals surface area contributed by atoms with Crippen molar-refractivity contribution >= 4 is 0 Å². The molecule has 1 aromatic heterocycles. The lowest BCUT2D eigenvalue weighted by molar-refractivity contribution is 0.423. The lowest BCUT2D eigenvalue weighted by atomic mass is 10.1. The Morgan fingerprint density at radius 2 is 1.86 bits per heavy atom. The molecule has 1 N–H and O–H groups in total. The van der Waals surface area contributed by atoms with Crippen LogP contribution in [0.5, 0.6) is 0 Å². The minimum Gasteiger partial charge on any atom is -0.308 e. The number of halogens is 1. The quantitative estimate of drug-likeness (QED) is 0.930. The summed E-state index contributed by atoms with van der Waals surface area (Å²) >= 11 is 0. The molecule has 3 nitrogen and oxygen atoms in total. The predicted molar refractivity (Wildman–Crippen MR) is 84.3 cm³/mol. The Balaban J connectivity index is 2.29. The summed E-state index contributed by atoms with van der Waals surface area (Å²) in [5.41, 5.74) is 4.47. The van der Waals surface area contributed by atoms with E-state index in [2.05, 4.69) is 31.2 Å². The molecule has 0 spiro atoms. The Labute approximate surface area is 126 Å². The highest BCUT2D eigenvalue weighted by molar-refractivity contribution is 5.39. The molecule has 0 radical (unpaired) electrons. The van der Waals surface area contributed by atoms with Gasteiger partial charge in [-0.1, -0.05) is 6.07 Å². The average Bonchev–Trinajstić information content (AvgIpc) is 2.63. The first kappa shape index (κ1) is 15.7. The van der Waals surface area contributed by atoms with Crippen LogP contribution in [0.25, 0.3) is 5.69 Å². The zero-order valence-corrected chi connectivity index (χ0v) is 13.7. The third kappa shape index (κ3) is 3.50. The van der Waals surface area contributed by atoms with E-state index in [1.165, 1.54) is 0 Å². The fourth-order valence-corrected chi connectivity index (χ4v) is 2.15. The highest BCUT2D eigenvalue weighted by Gasteiger charge is 2.14. The summed E-state index contributed by atoms with van der Waals surface area (Å²) in [5.74, 6) is -0.242. The summed E-state index contributed by atoms with van der Waals surface area (Å²) in [6, 6.07) is 5.33. The molecule has 0 atom stereocenters. The first-order chi connectivity index (χ1) is 9.69. The molecule has 0 fully saturated rings. The molecule has 0 bridgehead atoms. The van der Waals surface area contributed by atoms with Crippen molar-refractivity contribution in [3.63, 3.8) is 0 Å². The van der Waals surface area contributed by atoms with Crippen LogP contribution in [-0.4, -0.2) is 15.3 Å². The Bertz CT molecular complexity index is 651. The summed E-state index contributed by atoms with van der Waals surface area (Å²) in [7, 11) is 0. The Hall–Kier alpha value is -1.68. The normalized spacial score (nSPS) is 12.0. The second-order valence-corrected chi connectivity index (χ2v) is 6.60. The van der Waals surface area contributed by atoms with Crippen molar-refractivity contribution in [3.8, 4) is 5.69 Å². The Morgan fingerprint density at radius 1 is 1.19 bits per heavy atom. The van der Waals surface area contributed by atoms with Crippen LogP contribution in [-0.2, 0) is 6.54 Å². The van der Waals surface area contributed by atoms with E-state index in [0.29, 0.717) is 12.2 Å². The Kier molecular flexibility index (Phi) is 4.19. The van der Waals surface area contributed by atoms with E-state index in [9.17, 15) is 4.39 Å². The predicted octanol–water partition coefficient (Wildman–Crippen LogP) is 3.82. The monoisotopic (exact) mass is 289 g/mol. The third-order valence-corrected chi connectivity index (χ3v) is 3.72. The van der Waals surface area contributed by atoms with Crippen LogP contribution in [0.15, 0.2) is 18.2 Å². The van der Waals surface area contributed by atoms with Gasteiger partial charge in [0.2, 0.25) is 0 Å². The van der Waals surface area contributed by atoms with Crippen molar-refractivity contribution in [2.24, 2.45) is 0 Å². The molecule has 0 saturated heterocycles. The number of nitrogens with zero attached hydrogens (tertiary/aromatic N) is 2. The molecule has 114 valence electrons. The number of rotatable bonds is 3. The zero-order chi connectivity index (χ0) is 15.8. The number of aryl methyl sites for hydroxylation is 1. The number of benzene rings is 1. The van der Waals surface area contributed by atoms with Gasteiger partial charge in [-0.25, -0.2) is 9.07 Å². The van der Waals surface area contributed by atoms with E-state index in [-0.39, 0.29) is 11.4 Å². The number of hydrogen-bond donors (Lipinski definition) is 1. The summed E-state index contributed by atoms with van der Waals surface area (Å²) in [4.78, 5) is 0. The molecule has 21 heavy (non-hydrogen) atoms. The standard InChI is InChI=1S/C17H24FN3/c1-11-12(2)20-21(13(11)3)16-8-7-14(9-15(16)18)10-19-17(4,5)6/h7-9,19H,10H2,1-6H3. The first-order valence-electron chi connectivity index (χ1n) is 7.25. The number of hydrogen-bond acceptors (Lipinski definition) is 2. The van der Waals surface area contributed by atoms with Crippen LogP contribution in [0.3, 0.4) is 0 Å². The minimum absolute atomic E-state index is 0.0158. The van der Waals surface area contributed by atoms with Gasteiger partial charge in [0.1, 0.15) is 11.5 Å². The first-order valence-corrected chi connectivity index (χ1v) is 7.25. The lowest BCUT2D eigenvalue weighted by Gasteiger charge is -2.20. The molecule has 2 rings (SSSR count). The van der Waals surface area contributed by atoms with E-state index >= 15 is 0 Å². The Morgan fingerprint density at radius 3 is 2.33 bits per heavy atom. The van der Waals surface area contributed by atoms with Crippen molar-refractivity contribution in [3.05, 3.63) is 46.5 Å². The van der Waals surface area contributed by atoms with Gasteiger partial charge in [-0.05, 0) is 64.8 Å². The van der Waals surface area contributed by atoms with Crippen LogP contribution < -0.4 is 5.32 Å². The zero-order valence-electron chi connectivity index (χ0n) is 13.7. The van der Waals surface area contributed by atoms with Crippen LogP contribution in [0.2, 0.25) is 0 Å². The smallest absolute Gasteiger partial charge is 0.149 e. The maximum Gasteiger partial charge on any atom is 0.149 e. The lowest BCUT2D eigenvalue weighted by Crippen LogP contribution is -2.35. The van der Waals surface area contributed by atoms with Crippen LogP contribution in [0.4, 0.5) is 4.39 Å². The minimum atomic E-state index is -0.242. The van der Waals surface area contributed by atoms with Gasteiger partial charge in [-0.2, -0.15) is 5.10 Å². The van der Waals surface area contributed by atoms with Gasteiger partial charge in [-0.15, -0.1) is 0 Å². The molecule has 1 heterocycles. The summed E-state index contributed by atoms with van der Waals surface area (Å²) in [5, 5.41) is 7.78. The number of aromatic nitrogens is 2. The van der Waals surface area contributed by atoms with Crippen molar-refractivity contribution in [2.45, 2.75) is 53.6 Å².